The molecule has 1 saturated heterocycles. The zero-order valence-electron chi connectivity index (χ0n) is 14.1. The first-order valence-electron chi connectivity index (χ1n) is 8.75. The van der Waals surface area contributed by atoms with Gasteiger partial charge in [-0.15, -0.1) is 0 Å². The van der Waals surface area contributed by atoms with Crippen molar-refractivity contribution in [3.8, 4) is 0 Å². The summed E-state index contributed by atoms with van der Waals surface area (Å²) in [5.74, 6) is 6.28. The number of amides is 3. The van der Waals surface area contributed by atoms with Crippen LogP contribution >= 0.6 is 0 Å². The lowest BCUT2D eigenvalue weighted by molar-refractivity contribution is 0.0995. The van der Waals surface area contributed by atoms with Crippen molar-refractivity contribution in [2.24, 2.45) is 11.8 Å². The van der Waals surface area contributed by atoms with Crippen LogP contribution in [0.1, 0.15) is 51.4 Å². The highest BCUT2D eigenvalue weighted by Gasteiger charge is 2.26. The fourth-order valence-corrected chi connectivity index (χ4v) is 3.47. The summed E-state index contributed by atoms with van der Waals surface area (Å²) in [7, 11) is 1.40. The molecule has 0 bridgehead atoms. The number of methoxy groups -OCH3 is 1. The SMILES string of the molecule is COC(=O)N1CCC(CN(N)C(=O)NC2CCCCCC2)CC1. The summed E-state index contributed by atoms with van der Waals surface area (Å²) in [5, 5.41) is 4.37. The second kappa shape index (κ2) is 8.96. The Morgan fingerprint density at radius 3 is 2.30 bits per heavy atom. The molecule has 1 saturated carbocycles. The van der Waals surface area contributed by atoms with Gasteiger partial charge in [0, 0.05) is 25.7 Å². The minimum absolute atomic E-state index is 0.174. The number of nitrogens with two attached hydrogens (primary N) is 1. The topological polar surface area (TPSA) is 87.9 Å². The quantitative estimate of drug-likeness (QED) is 0.360. The molecule has 0 unspecified atom stereocenters. The number of hydrogen-bond donors (Lipinski definition) is 2. The van der Waals surface area contributed by atoms with Crippen molar-refractivity contribution < 1.29 is 14.3 Å². The Morgan fingerprint density at radius 2 is 1.74 bits per heavy atom. The number of hydrogen-bond acceptors (Lipinski definition) is 4. The van der Waals surface area contributed by atoms with E-state index in [2.05, 4.69) is 5.32 Å². The number of carbonyl (C=O) groups is 2. The molecule has 2 rings (SSSR count). The van der Waals surface area contributed by atoms with Gasteiger partial charge in [-0.1, -0.05) is 25.7 Å². The normalized spacial score (nSPS) is 20.7. The monoisotopic (exact) mass is 326 g/mol. The molecule has 132 valence electrons. The van der Waals surface area contributed by atoms with Gasteiger partial charge in [-0.05, 0) is 31.6 Å². The highest BCUT2D eigenvalue weighted by Crippen LogP contribution is 2.19. The Bertz CT molecular complexity index is 389. The van der Waals surface area contributed by atoms with E-state index in [9.17, 15) is 9.59 Å². The highest BCUT2D eigenvalue weighted by atomic mass is 16.5. The number of likely N-dealkylation sites (tertiary alicyclic amines) is 1. The molecular weight excluding hydrogens is 296 g/mol. The van der Waals surface area contributed by atoms with E-state index in [-0.39, 0.29) is 18.2 Å². The third kappa shape index (κ3) is 5.57. The van der Waals surface area contributed by atoms with Gasteiger partial charge in [0.05, 0.1) is 7.11 Å². The number of nitrogens with one attached hydrogen (secondary N) is 1. The van der Waals surface area contributed by atoms with Crippen molar-refractivity contribution in [1.82, 2.24) is 15.2 Å². The summed E-state index contributed by atoms with van der Waals surface area (Å²) in [5.41, 5.74) is 0. The maximum Gasteiger partial charge on any atom is 0.409 e. The van der Waals surface area contributed by atoms with Gasteiger partial charge in [-0.25, -0.2) is 15.4 Å². The molecule has 23 heavy (non-hydrogen) atoms. The van der Waals surface area contributed by atoms with Crippen LogP contribution in [0.15, 0.2) is 0 Å². The summed E-state index contributed by atoms with van der Waals surface area (Å²) < 4.78 is 4.73. The maximum absolute atomic E-state index is 12.2. The van der Waals surface area contributed by atoms with Crippen molar-refractivity contribution in [3.63, 3.8) is 0 Å². The molecule has 7 heteroatoms. The molecular formula is C16H30N4O3. The first-order chi connectivity index (χ1) is 11.1. The number of nitrogens with zero attached hydrogens (tertiary/aromatic N) is 2. The molecule has 2 aliphatic rings. The van der Waals surface area contributed by atoms with E-state index in [1.54, 1.807) is 4.90 Å². The number of carbonyl (C=O) groups excluding carboxylic acids is 2. The molecule has 0 spiro atoms. The zero-order chi connectivity index (χ0) is 16.7. The van der Waals surface area contributed by atoms with Crippen molar-refractivity contribution in [1.29, 1.82) is 0 Å². The number of piperidine rings is 1. The third-order valence-electron chi connectivity index (χ3n) is 4.95. The predicted molar refractivity (Wildman–Crippen MR) is 87.6 cm³/mol. The van der Waals surface area contributed by atoms with Crippen LogP contribution in [-0.4, -0.2) is 54.8 Å². The lowest BCUT2D eigenvalue weighted by Crippen LogP contribution is -2.51. The highest BCUT2D eigenvalue weighted by molar-refractivity contribution is 5.73. The molecule has 0 atom stereocenters. The molecule has 1 aliphatic heterocycles. The lowest BCUT2D eigenvalue weighted by Gasteiger charge is -2.33. The minimum atomic E-state index is -0.279. The number of urea groups is 1. The van der Waals surface area contributed by atoms with Gasteiger partial charge in [0.1, 0.15) is 0 Å². The Balaban J connectivity index is 1.70. The van der Waals surface area contributed by atoms with Crippen LogP contribution in [-0.2, 0) is 4.74 Å². The van der Waals surface area contributed by atoms with E-state index >= 15 is 0 Å². The Hall–Kier alpha value is -1.50. The van der Waals surface area contributed by atoms with Crippen molar-refractivity contribution in [2.75, 3.05) is 26.7 Å². The minimum Gasteiger partial charge on any atom is -0.453 e. The molecule has 3 amide bonds. The molecule has 0 radical (unpaired) electrons. The van der Waals surface area contributed by atoms with Crippen molar-refractivity contribution in [2.45, 2.75) is 57.4 Å². The lowest BCUT2D eigenvalue weighted by atomic mass is 9.97. The van der Waals surface area contributed by atoms with Gasteiger partial charge >= 0.3 is 12.1 Å². The van der Waals surface area contributed by atoms with Crippen LogP contribution in [0.2, 0.25) is 0 Å². The molecule has 0 aromatic carbocycles. The van der Waals surface area contributed by atoms with E-state index in [0.717, 1.165) is 25.7 Å². The fourth-order valence-electron chi connectivity index (χ4n) is 3.47. The Kier molecular flexibility index (Phi) is 6.95. The largest absolute Gasteiger partial charge is 0.453 e. The van der Waals surface area contributed by atoms with Crippen LogP contribution in [0.3, 0.4) is 0 Å². The first kappa shape index (κ1) is 17.8. The van der Waals surface area contributed by atoms with E-state index in [1.807, 2.05) is 0 Å². The van der Waals surface area contributed by atoms with E-state index in [1.165, 1.54) is 37.8 Å². The van der Waals surface area contributed by atoms with Crippen LogP contribution in [0.4, 0.5) is 9.59 Å². The average Bonchev–Trinajstić information content (AvgIpc) is 2.83. The van der Waals surface area contributed by atoms with Gasteiger partial charge < -0.3 is 15.0 Å². The van der Waals surface area contributed by atoms with Gasteiger partial charge in [0.2, 0.25) is 0 Å². The fraction of sp³-hybridized carbons (Fsp3) is 0.875. The van der Waals surface area contributed by atoms with Gasteiger partial charge in [0.15, 0.2) is 0 Å². The number of rotatable bonds is 3. The maximum atomic E-state index is 12.2. The second-order valence-electron chi connectivity index (χ2n) is 6.69. The molecule has 0 aromatic heterocycles. The van der Waals surface area contributed by atoms with Crippen LogP contribution in [0.5, 0.6) is 0 Å². The van der Waals surface area contributed by atoms with Gasteiger partial charge in [-0.2, -0.15) is 0 Å². The van der Waals surface area contributed by atoms with E-state index in [4.69, 9.17) is 10.6 Å². The zero-order valence-corrected chi connectivity index (χ0v) is 14.1. The van der Waals surface area contributed by atoms with E-state index in [0.29, 0.717) is 25.6 Å². The van der Waals surface area contributed by atoms with Crippen LogP contribution in [0.25, 0.3) is 0 Å². The third-order valence-corrected chi connectivity index (χ3v) is 4.95. The Morgan fingerprint density at radius 1 is 1.13 bits per heavy atom. The average molecular weight is 326 g/mol. The summed E-state index contributed by atoms with van der Waals surface area (Å²) in [6, 6.07) is 0.0875. The van der Waals surface area contributed by atoms with Crippen molar-refractivity contribution >= 4 is 12.1 Å². The van der Waals surface area contributed by atoms with Gasteiger partial charge in [-0.3, -0.25) is 5.01 Å². The molecule has 1 aliphatic carbocycles. The first-order valence-corrected chi connectivity index (χ1v) is 8.75. The van der Waals surface area contributed by atoms with Crippen molar-refractivity contribution in [3.05, 3.63) is 0 Å². The molecule has 1 heterocycles. The summed E-state index contributed by atoms with van der Waals surface area (Å²) >= 11 is 0. The standard InChI is InChI=1S/C16H30N4O3/c1-23-16(22)19-10-8-13(9-11-19)12-20(17)15(21)18-14-6-4-2-3-5-7-14/h13-14H,2-12,17H2,1H3,(H,18,21). The predicted octanol–water partition coefficient (Wildman–Crippen LogP) is 2.07. The van der Waals surface area contributed by atoms with Gasteiger partial charge in [0.25, 0.3) is 0 Å². The number of hydrazine groups is 1. The molecule has 7 nitrogen and oxygen atoms in total. The number of ether oxygens (including phenoxy) is 1. The summed E-state index contributed by atoms with van der Waals surface area (Å²) in [4.78, 5) is 25.4. The van der Waals surface area contributed by atoms with E-state index < -0.39 is 0 Å². The van der Waals surface area contributed by atoms with Crippen LogP contribution in [0, 0.1) is 5.92 Å². The second-order valence-corrected chi connectivity index (χ2v) is 6.69. The van der Waals surface area contributed by atoms with Crippen LogP contribution < -0.4 is 11.2 Å². The molecule has 0 aromatic rings. The summed E-state index contributed by atoms with van der Waals surface area (Å²) in [6.45, 7) is 1.86. The molecule has 2 fully saturated rings. The molecule has 3 N–H and O–H groups in total. The Labute approximate surface area is 138 Å². The summed E-state index contributed by atoms with van der Waals surface area (Å²) in [6.07, 6.45) is 8.41. The smallest absolute Gasteiger partial charge is 0.409 e.